The Morgan fingerprint density at radius 2 is 1.56 bits per heavy atom. The number of nitrogens with one attached hydrogen (secondary N) is 1. The highest BCUT2D eigenvalue weighted by molar-refractivity contribution is 6.32. The number of benzene rings is 3. The van der Waals surface area contributed by atoms with E-state index in [0.29, 0.717) is 5.02 Å². The standard InChI is InChI=1S/C23H18ClNO2/c1-14-20(24)12-11-18-19(13-21(26)27)23(25-22(14)18)17-9-7-16(8-10-17)15-5-3-2-4-6-15/h2-12,25H,13H2,1H3,(H,26,27). The summed E-state index contributed by atoms with van der Waals surface area (Å²) in [6.45, 7) is 1.94. The maximum absolute atomic E-state index is 11.4. The lowest BCUT2D eigenvalue weighted by Gasteiger charge is -2.06. The molecule has 0 fully saturated rings. The number of rotatable bonds is 4. The highest BCUT2D eigenvalue weighted by Crippen LogP contribution is 2.35. The average Bonchev–Trinajstić information content (AvgIpc) is 3.04. The van der Waals surface area contributed by atoms with E-state index in [4.69, 9.17) is 11.6 Å². The van der Waals surface area contributed by atoms with Gasteiger partial charge in [-0.2, -0.15) is 0 Å². The number of aryl methyl sites for hydroxylation is 1. The van der Waals surface area contributed by atoms with Gasteiger partial charge in [0.25, 0.3) is 0 Å². The molecule has 0 aliphatic carbocycles. The molecule has 4 heteroatoms. The van der Waals surface area contributed by atoms with Crippen LogP contribution in [0.5, 0.6) is 0 Å². The number of aromatic nitrogens is 1. The van der Waals surface area contributed by atoms with Gasteiger partial charge in [0.2, 0.25) is 0 Å². The summed E-state index contributed by atoms with van der Waals surface area (Å²) < 4.78 is 0. The van der Waals surface area contributed by atoms with Gasteiger partial charge in [-0.15, -0.1) is 0 Å². The first-order chi connectivity index (χ1) is 13.0. The van der Waals surface area contributed by atoms with E-state index < -0.39 is 5.97 Å². The van der Waals surface area contributed by atoms with Crippen molar-refractivity contribution in [1.82, 2.24) is 4.98 Å². The molecular formula is C23H18ClNO2. The molecule has 4 aromatic rings. The lowest BCUT2D eigenvalue weighted by Crippen LogP contribution is -2.00. The fourth-order valence-electron chi connectivity index (χ4n) is 3.48. The van der Waals surface area contributed by atoms with Crippen molar-refractivity contribution in [3.8, 4) is 22.4 Å². The zero-order valence-corrected chi connectivity index (χ0v) is 15.5. The zero-order chi connectivity index (χ0) is 19.0. The molecular weight excluding hydrogens is 358 g/mol. The van der Waals surface area contributed by atoms with Crippen molar-refractivity contribution >= 4 is 28.5 Å². The number of carboxylic acids is 1. The molecule has 0 aliphatic rings. The lowest BCUT2D eigenvalue weighted by molar-refractivity contribution is -0.136. The van der Waals surface area contributed by atoms with Crippen molar-refractivity contribution < 1.29 is 9.90 Å². The first-order valence-corrected chi connectivity index (χ1v) is 9.09. The third-order valence-corrected chi connectivity index (χ3v) is 5.29. The van der Waals surface area contributed by atoms with E-state index in [-0.39, 0.29) is 6.42 Å². The number of carbonyl (C=O) groups is 1. The molecule has 4 rings (SSSR count). The third kappa shape index (κ3) is 3.22. The van der Waals surface area contributed by atoms with Gasteiger partial charge in [-0.25, -0.2) is 0 Å². The molecule has 2 N–H and O–H groups in total. The van der Waals surface area contributed by atoms with Crippen LogP contribution in [0.25, 0.3) is 33.3 Å². The highest BCUT2D eigenvalue weighted by Gasteiger charge is 2.18. The van der Waals surface area contributed by atoms with Crippen molar-refractivity contribution in [2.45, 2.75) is 13.3 Å². The molecule has 0 radical (unpaired) electrons. The van der Waals surface area contributed by atoms with Gasteiger partial charge in [0.15, 0.2) is 0 Å². The van der Waals surface area contributed by atoms with Crippen LogP contribution in [-0.2, 0) is 11.2 Å². The Kier molecular flexibility index (Phi) is 4.46. The fourth-order valence-corrected chi connectivity index (χ4v) is 3.63. The molecule has 0 atom stereocenters. The Hall–Kier alpha value is -3.04. The Morgan fingerprint density at radius 1 is 0.926 bits per heavy atom. The minimum absolute atomic E-state index is 0.0448. The second kappa shape index (κ2) is 6.93. The Labute approximate surface area is 162 Å². The Bertz CT molecular complexity index is 1130. The quantitative estimate of drug-likeness (QED) is 0.453. The Balaban J connectivity index is 1.85. The monoisotopic (exact) mass is 375 g/mol. The van der Waals surface area contributed by atoms with Crippen LogP contribution in [0.3, 0.4) is 0 Å². The van der Waals surface area contributed by atoms with Crippen LogP contribution in [-0.4, -0.2) is 16.1 Å². The van der Waals surface area contributed by atoms with Gasteiger partial charge in [0.05, 0.1) is 17.6 Å². The first-order valence-electron chi connectivity index (χ1n) is 8.72. The maximum atomic E-state index is 11.4. The van der Waals surface area contributed by atoms with E-state index >= 15 is 0 Å². The van der Waals surface area contributed by atoms with Crippen LogP contribution in [0.1, 0.15) is 11.1 Å². The summed E-state index contributed by atoms with van der Waals surface area (Å²) in [5.41, 5.74) is 6.65. The number of hydrogen-bond donors (Lipinski definition) is 2. The van der Waals surface area contributed by atoms with E-state index in [1.807, 2.05) is 49.4 Å². The van der Waals surface area contributed by atoms with Crippen LogP contribution in [0.15, 0.2) is 66.7 Å². The molecule has 0 spiro atoms. The number of fused-ring (bicyclic) bond motifs is 1. The summed E-state index contributed by atoms with van der Waals surface area (Å²) in [4.78, 5) is 14.9. The third-order valence-electron chi connectivity index (χ3n) is 4.88. The number of aliphatic carboxylic acids is 1. The van der Waals surface area contributed by atoms with Gasteiger partial charge in [0, 0.05) is 10.4 Å². The molecule has 0 bridgehead atoms. The summed E-state index contributed by atoms with van der Waals surface area (Å²) in [5.74, 6) is -0.856. The van der Waals surface area contributed by atoms with Gasteiger partial charge >= 0.3 is 5.97 Å². The molecule has 3 aromatic carbocycles. The zero-order valence-electron chi connectivity index (χ0n) is 14.8. The van der Waals surface area contributed by atoms with Gasteiger partial charge in [-0.1, -0.05) is 72.3 Å². The van der Waals surface area contributed by atoms with E-state index in [1.165, 1.54) is 0 Å². The molecule has 0 unspecified atom stereocenters. The molecule has 0 saturated heterocycles. The molecule has 1 aromatic heterocycles. The van der Waals surface area contributed by atoms with Crippen LogP contribution in [0.2, 0.25) is 5.02 Å². The van der Waals surface area contributed by atoms with Gasteiger partial charge in [0.1, 0.15) is 0 Å². The van der Waals surface area contributed by atoms with Crippen LogP contribution >= 0.6 is 11.6 Å². The highest BCUT2D eigenvalue weighted by atomic mass is 35.5. The molecule has 27 heavy (non-hydrogen) atoms. The minimum Gasteiger partial charge on any atom is -0.481 e. The second-order valence-corrected chi connectivity index (χ2v) is 6.99. The fraction of sp³-hybridized carbons (Fsp3) is 0.0870. The summed E-state index contributed by atoms with van der Waals surface area (Å²) in [6.07, 6.45) is -0.0448. The van der Waals surface area contributed by atoms with Crippen LogP contribution in [0, 0.1) is 6.92 Å². The molecule has 0 aliphatic heterocycles. The van der Waals surface area contributed by atoms with Crippen molar-refractivity contribution in [3.05, 3.63) is 82.9 Å². The summed E-state index contributed by atoms with van der Waals surface area (Å²) in [6, 6.07) is 22.0. The first kappa shape index (κ1) is 17.4. The second-order valence-electron chi connectivity index (χ2n) is 6.59. The topological polar surface area (TPSA) is 53.1 Å². The molecule has 134 valence electrons. The number of H-pyrrole nitrogens is 1. The predicted octanol–water partition coefficient (Wildman–Crippen LogP) is 6.09. The SMILES string of the molecule is Cc1c(Cl)ccc2c(CC(=O)O)c(-c3ccc(-c4ccccc4)cc3)[nH]c12. The van der Waals surface area contributed by atoms with Crippen molar-refractivity contribution in [3.63, 3.8) is 0 Å². The largest absolute Gasteiger partial charge is 0.481 e. The van der Waals surface area contributed by atoms with Gasteiger partial charge < -0.3 is 10.1 Å². The van der Waals surface area contributed by atoms with Crippen LogP contribution in [0.4, 0.5) is 0 Å². The lowest BCUT2D eigenvalue weighted by atomic mass is 9.99. The van der Waals surface area contributed by atoms with E-state index in [1.54, 1.807) is 0 Å². The normalized spacial score (nSPS) is 11.0. The maximum Gasteiger partial charge on any atom is 0.307 e. The minimum atomic E-state index is -0.856. The Morgan fingerprint density at radius 3 is 2.22 bits per heavy atom. The molecule has 0 saturated carbocycles. The van der Waals surface area contributed by atoms with Crippen molar-refractivity contribution in [2.24, 2.45) is 0 Å². The molecule has 0 amide bonds. The number of hydrogen-bond acceptors (Lipinski definition) is 1. The van der Waals surface area contributed by atoms with Crippen molar-refractivity contribution in [2.75, 3.05) is 0 Å². The molecule has 3 nitrogen and oxygen atoms in total. The molecule has 1 heterocycles. The van der Waals surface area contributed by atoms with Crippen molar-refractivity contribution in [1.29, 1.82) is 0 Å². The van der Waals surface area contributed by atoms with Crippen LogP contribution < -0.4 is 0 Å². The summed E-state index contributed by atoms with van der Waals surface area (Å²) >= 11 is 6.25. The van der Waals surface area contributed by atoms with E-state index in [2.05, 4.69) is 29.2 Å². The smallest absolute Gasteiger partial charge is 0.307 e. The summed E-state index contributed by atoms with van der Waals surface area (Å²) in [5, 5.41) is 11.0. The van der Waals surface area contributed by atoms with Gasteiger partial charge in [-0.3, -0.25) is 4.79 Å². The number of aromatic amines is 1. The van der Waals surface area contributed by atoms with E-state index in [9.17, 15) is 9.90 Å². The average molecular weight is 376 g/mol. The number of carboxylic acid groups (broad SMARTS) is 1. The van der Waals surface area contributed by atoms with E-state index in [0.717, 1.165) is 44.4 Å². The van der Waals surface area contributed by atoms with Gasteiger partial charge in [-0.05, 0) is 40.8 Å². The number of halogens is 1. The predicted molar refractivity (Wildman–Crippen MR) is 110 cm³/mol. The summed E-state index contributed by atoms with van der Waals surface area (Å²) in [7, 11) is 0.